The molecule has 0 aliphatic rings. The molecule has 0 unspecified atom stereocenters. The number of rotatable bonds is 7. The van der Waals surface area contributed by atoms with E-state index in [0.29, 0.717) is 36.7 Å². The third kappa shape index (κ3) is 3.79. The number of hydrogen-bond acceptors (Lipinski definition) is 5. The van der Waals surface area contributed by atoms with Gasteiger partial charge < -0.3 is 16.0 Å². The summed E-state index contributed by atoms with van der Waals surface area (Å²) in [4.78, 5) is 24.1. The van der Waals surface area contributed by atoms with Crippen molar-refractivity contribution in [1.82, 2.24) is 19.5 Å². The van der Waals surface area contributed by atoms with Crippen molar-refractivity contribution in [1.29, 1.82) is 0 Å². The molecule has 0 bridgehead atoms. The molecular formula is C21H22N6O. The highest BCUT2D eigenvalue weighted by Gasteiger charge is 2.11. The monoisotopic (exact) mass is 374 g/mol. The lowest BCUT2D eigenvalue weighted by atomic mass is 10.0. The average molecular weight is 374 g/mol. The summed E-state index contributed by atoms with van der Waals surface area (Å²) in [6, 6.07) is 18.4. The molecule has 0 fully saturated rings. The van der Waals surface area contributed by atoms with E-state index in [-0.39, 0.29) is 5.69 Å². The molecule has 0 aliphatic carbocycles. The average Bonchev–Trinajstić information content (AvgIpc) is 3.04. The molecule has 0 amide bonds. The van der Waals surface area contributed by atoms with Crippen LogP contribution >= 0.6 is 0 Å². The van der Waals surface area contributed by atoms with E-state index in [1.807, 2.05) is 30.3 Å². The van der Waals surface area contributed by atoms with Gasteiger partial charge in [0.15, 0.2) is 5.65 Å². The molecule has 28 heavy (non-hydrogen) atoms. The SMILES string of the molecule is NCCCNc1ncc2[nH]c(=O)n(Cc3cccc(-c4ccccc4)c3)c2n1. The van der Waals surface area contributed by atoms with E-state index in [0.717, 1.165) is 23.1 Å². The fourth-order valence-electron chi connectivity index (χ4n) is 3.14. The first-order valence-corrected chi connectivity index (χ1v) is 9.28. The van der Waals surface area contributed by atoms with Crippen molar-refractivity contribution in [2.45, 2.75) is 13.0 Å². The van der Waals surface area contributed by atoms with E-state index in [1.54, 1.807) is 10.8 Å². The van der Waals surface area contributed by atoms with Gasteiger partial charge in [0.2, 0.25) is 5.95 Å². The van der Waals surface area contributed by atoms with Gasteiger partial charge in [0, 0.05) is 6.54 Å². The van der Waals surface area contributed by atoms with Crippen LogP contribution in [0.4, 0.5) is 5.95 Å². The fraction of sp³-hybridized carbons (Fsp3) is 0.190. The minimum absolute atomic E-state index is 0.200. The van der Waals surface area contributed by atoms with Crippen LogP contribution in [0.3, 0.4) is 0 Å². The summed E-state index contributed by atoms with van der Waals surface area (Å²) in [5, 5.41) is 3.14. The molecule has 4 rings (SSSR count). The number of aromatic amines is 1. The van der Waals surface area contributed by atoms with Gasteiger partial charge in [0.1, 0.15) is 5.52 Å². The molecule has 7 heteroatoms. The molecule has 2 aromatic heterocycles. The molecule has 0 saturated carbocycles. The van der Waals surface area contributed by atoms with Crippen LogP contribution in [0, 0.1) is 0 Å². The summed E-state index contributed by atoms with van der Waals surface area (Å²) in [5.74, 6) is 0.492. The zero-order valence-electron chi connectivity index (χ0n) is 15.4. The van der Waals surface area contributed by atoms with Crippen molar-refractivity contribution in [2.75, 3.05) is 18.4 Å². The second kappa shape index (κ2) is 8.06. The second-order valence-corrected chi connectivity index (χ2v) is 6.58. The Morgan fingerprint density at radius 2 is 1.89 bits per heavy atom. The van der Waals surface area contributed by atoms with Crippen molar-refractivity contribution in [3.8, 4) is 11.1 Å². The Labute approximate surface area is 162 Å². The number of H-pyrrole nitrogens is 1. The topological polar surface area (TPSA) is 102 Å². The van der Waals surface area contributed by atoms with Crippen LogP contribution in [0.1, 0.15) is 12.0 Å². The largest absolute Gasteiger partial charge is 0.354 e. The second-order valence-electron chi connectivity index (χ2n) is 6.58. The standard InChI is InChI=1S/C21H22N6O/c22-10-5-11-23-20-24-13-18-19(26-20)27(21(28)25-18)14-15-6-4-9-17(12-15)16-7-2-1-3-8-16/h1-4,6-9,12-13H,5,10-11,14,22H2,(H,25,28)(H,23,24,26). The number of anilines is 1. The molecule has 0 radical (unpaired) electrons. The predicted octanol–water partition coefficient (Wildman–Crippen LogP) is 2.60. The molecule has 4 N–H and O–H groups in total. The minimum atomic E-state index is -0.200. The van der Waals surface area contributed by atoms with E-state index in [9.17, 15) is 4.79 Å². The highest BCUT2D eigenvalue weighted by Crippen LogP contribution is 2.21. The maximum absolute atomic E-state index is 12.5. The van der Waals surface area contributed by atoms with Crippen LogP contribution in [-0.2, 0) is 6.54 Å². The first kappa shape index (κ1) is 17.9. The summed E-state index contributed by atoms with van der Waals surface area (Å²) in [5.41, 5.74) is 9.81. The van der Waals surface area contributed by atoms with Gasteiger partial charge in [0.05, 0.1) is 12.7 Å². The summed E-state index contributed by atoms with van der Waals surface area (Å²) in [7, 11) is 0. The maximum atomic E-state index is 12.5. The lowest BCUT2D eigenvalue weighted by Gasteiger charge is -2.08. The molecule has 2 aromatic carbocycles. The Hall–Kier alpha value is -3.45. The zero-order valence-corrected chi connectivity index (χ0v) is 15.4. The van der Waals surface area contributed by atoms with E-state index >= 15 is 0 Å². The van der Waals surface area contributed by atoms with Gasteiger partial charge in [-0.15, -0.1) is 0 Å². The quantitative estimate of drug-likeness (QED) is 0.432. The van der Waals surface area contributed by atoms with Crippen LogP contribution in [0.15, 0.2) is 65.6 Å². The number of nitrogens with two attached hydrogens (primary N) is 1. The van der Waals surface area contributed by atoms with Crippen LogP contribution < -0.4 is 16.7 Å². The summed E-state index contributed by atoms with van der Waals surface area (Å²) < 4.78 is 1.63. The summed E-state index contributed by atoms with van der Waals surface area (Å²) in [6.07, 6.45) is 2.46. The Morgan fingerprint density at radius 3 is 2.71 bits per heavy atom. The number of imidazole rings is 1. The van der Waals surface area contributed by atoms with Gasteiger partial charge in [-0.05, 0) is 35.7 Å². The first-order valence-electron chi connectivity index (χ1n) is 9.28. The zero-order chi connectivity index (χ0) is 19.3. The number of aromatic nitrogens is 4. The number of benzene rings is 2. The van der Waals surface area contributed by atoms with E-state index in [1.165, 1.54) is 0 Å². The lowest BCUT2D eigenvalue weighted by Crippen LogP contribution is -2.18. The van der Waals surface area contributed by atoms with Gasteiger partial charge in [-0.3, -0.25) is 4.57 Å². The molecule has 7 nitrogen and oxygen atoms in total. The van der Waals surface area contributed by atoms with Crippen molar-refractivity contribution in [3.63, 3.8) is 0 Å². The van der Waals surface area contributed by atoms with Crippen molar-refractivity contribution in [2.24, 2.45) is 5.73 Å². The predicted molar refractivity (Wildman–Crippen MR) is 111 cm³/mol. The van der Waals surface area contributed by atoms with Crippen LogP contribution in [0.25, 0.3) is 22.3 Å². The maximum Gasteiger partial charge on any atom is 0.328 e. The highest BCUT2D eigenvalue weighted by molar-refractivity contribution is 5.71. The number of nitrogens with one attached hydrogen (secondary N) is 2. The van der Waals surface area contributed by atoms with Crippen LogP contribution in [0.5, 0.6) is 0 Å². The highest BCUT2D eigenvalue weighted by atomic mass is 16.1. The van der Waals surface area contributed by atoms with Gasteiger partial charge in [-0.2, -0.15) is 4.98 Å². The van der Waals surface area contributed by atoms with Crippen molar-refractivity contribution in [3.05, 3.63) is 76.8 Å². The first-order chi connectivity index (χ1) is 13.7. The number of hydrogen-bond donors (Lipinski definition) is 3. The molecule has 0 aliphatic heterocycles. The number of fused-ring (bicyclic) bond motifs is 1. The Bertz CT molecular complexity index is 1130. The molecule has 0 spiro atoms. The molecule has 142 valence electrons. The summed E-state index contributed by atoms with van der Waals surface area (Å²) in [6.45, 7) is 1.72. The smallest absolute Gasteiger partial charge is 0.328 e. The fourth-order valence-corrected chi connectivity index (χ4v) is 3.14. The van der Waals surface area contributed by atoms with Gasteiger partial charge in [-0.25, -0.2) is 9.78 Å². The van der Waals surface area contributed by atoms with Crippen molar-refractivity contribution < 1.29 is 0 Å². The third-order valence-corrected chi connectivity index (χ3v) is 4.55. The minimum Gasteiger partial charge on any atom is -0.354 e. The molecular weight excluding hydrogens is 352 g/mol. The van der Waals surface area contributed by atoms with E-state index in [2.05, 4.69) is 44.5 Å². The lowest BCUT2D eigenvalue weighted by molar-refractivity contribution is 0.777. The van der Waals surface area contributed by atoms with Gasteiger partial charge in [0.25, 0.3) is 0 Å². The van der Waals surface area contributed by atoms with Crippen LogP contribution in [0.2, 0.25) is 0 Å². The molecule has 2 heterocycles. The molecule has 0 atom stereocenters. The van der Waals surface area contributed by atoms with E-state index in [4.69, 9.17) is 5.73 Å². The normalized spacial score (nSPS) is 11.0. The Kier molecular flexibility index (Phi) is 5.16. The van der Waals surface area contributed by atoms with Crippen molar-refractivity contribution >= 4 is 17.1 Å². The Balaban J connectivity index is 1.65. The third-order valence-electron chi connectivity index (χ3n) is 4.55. The van der Waals surface area contributed by atoms with Crippen LogP contribution in [-0.4, -0.2) is 32.6 Å². The summed E-state index contributed by atoms with van der Waals surface area (Å²) >= 11 is 0. The number of nitrogens with zero attached hydrogens (tertiary/aromatic N) is 3. The van der Waals surface area contributed by atoms with Gasteiger partial charge in [-0.1, -0.05) is 48.5 Å². The molecule has 4 aromatic rings. The molecule has 0 saturated heterocycles. The van der Waals surface area contributed by atoms with E-state index < -0.39 is 0 Å². The van der Waals surface area contributed by atoms with Gasteiger partial charge >= 0.3 is 5.69 Å². The Morgan fingerprint density at radius 1 is 1.07 bits per heavy atom.